The Bertz CT molecular complexity index is 262. The SMILES string of the molecule is CC(C)(C)C1OCC2(CO1)COC(C(C)(C)C)OC2. The molecule has 4 nitrogen and oxygen atoms in total. The quantitative estimate of drug-likeness (QED) is 0.679. The fourth-order valence-electron chi connectivity index (χ4n) is 2.36. The third-order valence-corrected chi connectivity index (χ3v) is 3.58. The van der Waals surface area contributed by atoms with Crippen molar-refractivity contribution in [2.24, 2.45) is 16.2 Å². The monoisotopic (exact) mass is 272 g/mol. The fraction of sp³-hybridized carbons (Fsp3) is 1.00. The van der Waals surface area contributed by atoms with E-state index in [1.54, 1.807) is 0 Å². The average molecular weight is 272 g/mol. The smallest absolute Gasteiger partial charge is 0.162 e. The summed E-state index contributed by atoms with van der Waals surface area (Å²) < 4.78 is 23.5. The van der Waals surface area contributed by atoms with Crippen molar-refractivity contribution in [2.75, 3.05) is 26.4 Å². The van der Waals surface area contributed by atoms with Gasteiger partial charge < -0.3 is 18.9 Å². The summed E-state index contributed by atoms with van der Waals surface area (Å²) in [7, 11) is 0. The van der Waals surface area contributed by atoms with Gasteiger partial charge in [-0.25, -0.2) is 0 Å². The topological polar surface area (TPSA) is 36.9 Å². The van der Waals surface area contributed by atoms with Crippen molar-refractivity contribution in [3.8, 4) is 0 Å². The lowest BCUT2D eigenvalue weighted by Crippen LogP contribution is -2.55. The molecule has 2 rings (SSSR count). The fourth-order valence-corrected chi connectivity index (χ4v) is 2.36. The van der Waals surface area contributed by atoms with Crippen LogP contribution in [0.5, 0.6) is 0 Å². The van der Waals surface area contributed by atoms with Crippen molar-refractivity contribution in [2.45, 2.75) is 54.1 Å². The molecule has 2 heterocycles. The van der Waals surface area contributed by atoms with Crippen LogP contribution in [0.3, 0.4) is 0 Å². The highest BCUT2D eigenvalue weighted by Crippen LogP contribution is 2.37. The molecule has 112 valence electrons. The molecule has 0 amide bonds. The van der Waals surface area contributed by atoms with Crippen molar-refractivity contribution >= 4 is 0 Å². The van der Waals surface area contributed by atoms with E-state index in [-0.39, 0.29) is 28.8 Å². The zero-order valence-corrected chi connectivity index (χ0v) is 13.1. The van der Waals surface area contributed by atoms with E-state index in [9.17, 15) is 0 Å². The van der Waals surface area contributed by atoms with Crippen molar-refractivity contribution in [3.05, 3.63) is 0 Å². The molecular weight excluding hydrogens is 244 g/mol. The molecule has 0 unspecified atom stereocenters. The van der Waals surface area contributed by atoms with Crippen LogP contribution in [0.1, 0.15) is 41.5 Å². The molecule has 0 bridgehead atoms. The summed E-state index contributed by atoms with van der Waals surface area (Å²) in [5, 5.41) is 0. The molecule has 0 aliphatic carbocycles. The van der Waals surface area contributed by atoms with E-state index < -0.39 is 0 Å². The highest BCUT2D eigenvalue weighted by atomic mass is 16.7. The molecule has 2 aliphatic rings. The first kappa shape index (κ1) is 15.2. The van der Waals surface area contributed by atoms with Gasteiger partial charge in [0.2, 0.25) is 0 Å². The Morgan fingerprint density at radius 2 is 0.895 bits per heavy atom. The van der Waals surface area contributed by atoms with E-state index in [1.807, 2.05) is 0 Å². The number of hydrogen-bond acceptors (Lipinski definition) is 4. The zero-order chi connectivity index (χ0) is 14.3. The molecular formula is C15H28O4. The third kappa shape index (κ3) is 3.48. The lowest BCUT2D eigenvalue weighted by Gasteiger charge is -2.47. The average Bonchev–Trinajstić information content (AvgIpc) is 2.27. The van der Waals surface area contributed by atoms with Gasteiger partial charge in [-0.05, 0) is 0 Å². The molecule has 0 aromatic carbocycles. The predicted molar refractivity (Wildman–Crippen MR) is 72.7 cm³/mol. The Labute approximate surface area is 116 Å². The second kappa shape index (κ2) is 4.99. The van der Waals surface area contributed by atoms with Crippen LogP contribution in [-0.4, -0.2) is 39.0 Å². The van der Waals surface area contributed by atoms with Crippen LogP contribution in [-0.2, 0) is 18.9 Å². The van der Waals surface area contributed by atoms with Gasteiger partial charge in [0.15, 0.2) is 12.6 Å². The zero-order valence-electron chi connectivity index (χ0n) is 13.1. The van der Waals surface area contributed by atoms with Gasteiger partial charge >= 0.3 is 0 Å². The second-order valence-electron chi connectivity index (χ2n) is 8.14. The third-order valence-electron chi connectivity index (χ3n) is 3.58. The van der Waals surface area contributed by atoms with E-state index in [0.29, 0.717) is 26.4 Å². The predicted octanol–water partition coefficient (Wildman–Crippen LogP) is 2.81. The molecule has 2 aliphatic heterocycles. The van der Waals surface area contributed by atoms with Gasteiger partial charge in [0, 0.05) is 10.8 Å². The van der Waals surface area contributed by atoms with Crippen LogP contribution >= 0.6 is 0 Å². The summed E-state index contributed by atoms with van der Waals surface area (Å²) in [6.45, 7) is 15.3. The van der Waals surface area contributed by atoms with E-state index in [4.69, 9.17) is 18.9 Å². The molecule has 0 aromatic heterocycles. The molecule has 2 saturated heterocycles. The minimum atomic E-state index is -0.140. The Morgan fingerprint density at radius 3 is 1.11 bits per heavy atom. The summed E-state index contributed by atoms with van der Waals surface area (Å²) in [6, 6.07) is 0. The molecule has 0 radical (unpaired) electrons. The van der Waals surface area contributed by atoms with E-state index >= 15 is 0 Å². The van der Waals surface area contributed by atoms with Crippen LogP contribution in [0.2, 0.25) is 0 Å². The highest BCUT2D eigenvalue weighted by molar-refractivity contribution is 4.87. The Kier molecular flexibility index (Phi) is 4.00. The second-order valence-corrected chi connectivity index (χ2v) is 8.14. The molecule has 4 heteroatoms. The van der Waals surface area contributed by atoms with E-state index in [2.05, 4.69) is 41.5 Å². The minimum absolute atomic E-state index is 0.00589. The summed E-state index contributed by atoms with van der Waals surface area (Å²) >= 11 is 0. The van der Waals surface area contributed by atoms with Crippen LogP contribution < -0.4 is 0 Å². The van der Waals surface area contributed by atoms with Gasteiger partial charge in [0.05, 0.1) is 31.8 Å². The molecule has 2 fully saturated rings. The summed E-state index contributed by atoms with van der Waals surface area (Å²) in [5.74, 6) is 0. The van der Waals surface area contributed by atoms with Crippen LogP contribution in [0.25, 0.3) is 0 Å². The first-order valence-corrected chi connectivity index (χ1v) is 7.09. The first-order chi connectivity index (χ1) is 8.62. The summed E-state index contributed by atoms with van der Waals surface area (Å²) in [5.41, 5.74) is -0.124. The van der Waals surface area contributed by atoms with Gasteiger partial charge in [-0.2, -0.15) is 0 Å². The van der Waals surface area contributed by atoms with Crippen LogP contribution in [0.4, 0.5) is 0 Å². The Morgan fingerprint density at radius 1 is 0.632 bits per heavy atom. The molecule has 1 spiro atoms. The van der Waals surface area contributed by atoms with Crippen molar-refractivity contribution in [3.63, 3.8) is 0 Å². The summed E-state index contributed by atoms with van der Waals surface area (Å²) in [4.78, 5) is 0. The van der Waals surface area contributed by atoms with Gasteiger partial charge in [0.1, 0.15) is 0 Å². The Balaban J connectivity index is 1.88. The molecule has 0 atom stereocenters. The number of hydrogen-bond donors (Lipinski definition) is 0. The van der Waals surface area contributed by atoms with Crippen LogP contribution in [0.15, 0.2) is 0 Å². The molecule has 0 saturated carbocycles. The number of ether oxygens (including phenoxy) is 4. The standard InChI is InChI=1S/C15H28O4/c1-13(2,3)11-16-7-15(8-17-11)9-18-12(19-10-15)14(4,5)6/h11-12H,7-10H2,1-6H3. The summed E-state index contributed by atoms with van der Waals surface area (Å²) in [6.07, 6.45) is -0.281. The highest BCUT2D eigenvalue weighted by Gasteiger charge is 2.45. The van der Waals surface area contributed by atoms with Gasteiger partial charge in [-0.1, -0.05) is 41.5 Å². The largest absolute Gasteiger partial charge is 0.351 e. The first-order valence-electron chi connectivity index (χ1n) is 7.09. The van der Waals surface area contributed by atoms with Gasteiger partial charge in [-0.15, -0.1) is 0 Å². The van der Waals surface area contributed by atoms with Crippen molar-refractivity contribution < 1.29 is 18.9 Å². The van der Waals surface area contributed by atoms with E-state index in [0.717, 1.165) is 0 Å². The van der Waals surface area contributed by atoms with E-state index in [1.165, 1.54) is 0 Å². The minimum Gasteiger partial charge on any atom is -0.351 e. The normalized spacial score (nSPS) is 37.6. The molecule has 0 aromatic rings. The molecule has 19 heavy (non-hydrogen) atoms. The maximum Gasteiger partial charge on any atom is 0.162 e. The van der Waals surface area contributed by atoms with Crippen LogP contribution in [0, 0.1) is 16.2 Å². The van der Waals surface area contributed by atoms with Crippen molar-refractivity contribution in [1.29, 1.82) is 0 Å². The van der Waals surface area contributed by atoms with Gasteiger partial charge in [-0.3, -0.25) is 0 Å². The lowest BCUT2D eigenvalue weighted by atomic mass is 9.87. The maximum absolute atomic E-state index is 5.87. The van der Waals surface area contributed by atoms with Crippen molar-refractivity contribution in [1.82, 2.24) is 0 Å². The number of rotatable bonds is 0. The lowest BCUT2D eigenvalue weighted by molar-refractivity contribution is -0.331. The maximum atomic E-state index is 5.87. The van der Waals surface area contributed by atoms with Gasteiger partial charge in [0.25, 0.3) is 0 Å². The molecule has 0 N–H and O–H groups in total. The Hall–Kier alpha value is -0.160.